The quantitative estimate of drug-likeness (QED) is 0.742. The molecule has 2 amide bonds. The maximum Gasteiger partial charge on any atom is 0.258 e. The van der Waals surface area contributed by atoms with Crippen molar-refractivity contribution in [3.8, 4) is 0 Å². The van der Waals surface area contributed by atoms with E-state index in [0.29, 0.717) is 24.3 Å². The van der Waals surface area contributed by atoms with Crippen LogP contribution in [-0.2, 0) is 11.8 Å². The van der Waals surface area contributed by atoms with E-state index in [4.69, 9.17) is 0 Å². The lowest BCUT2D eigenvalue weighted by atomic mass is 10.1. The van der Waals surface area contributed by atoms with Crippen LogP contribution in [-0.4, -0.2) is 83.1 Å². The summed E-state index contributed by atoms with van der Waals surface area (Å²) < 4.78 is 1.63. The molecule has 0 aromatic carbocycles. The summed E-state index contributed by atoms with van der Waals surface area (Å²) in [6.45, 7) is 3.68. The summed E-state index contributed by atoms with van der Waals surface area (Å²) in [6.07, 6.45) is 1.72. The van der Waals surface area contributed by atoms with Crippen molar-refractivity contribution >= 4 is 11.8 Å². The molecule has 1 aliphatic rings. The topological polar surface area (TPSA) is 61.7 Å². The lowest BCUT2D eigenvalue weighted by molar-refractivity contribution is -0.135. The van der Waals surface area contributed by atoms with Crippen LogP contribution in [0.1, 0.15) is 16.1 Å². The van der Waals surface area contributed by atoms with Gasteiger partial charge < -0.3 is 14.7 Å². The molecule has 0 spiro atoms. The highest BCUT2D eigenvalue weighted by molar-refractivity contribution is 5.98. The zero-order chi connectivity index (χ0) is 15.7. The van der Waals surface area contributed by atoms with Gasteiger partial charge in [0, 0.05) is 47.0 Å². The largest absolute Gasteiger partial charge is 0.347 e. The van der Waals surface area contributed by atoms with Gasteiger partial charge in [0.25, 0.3) is 5.91 Å². The third-order valence-corrected chi connectivity index (χ3v) is 3.81. The Bertz CT molecular complexity index is 552. The molecule has 7 nitrogen and oxygen atoms in total. The SMILES string of the molecule is Cc1nn(C)cc1C(=O)N1CCN(C)CC1C(=O)N(C)C. The van der Waals surface area contributed by atoms with Crippen molar-refractivity contribution < 1.29 is 9.59 Å². The van der Waals surface area contributed by atoms with Gasteiger partial charge in [-0.25, -0.2) is 0 Å². The van der Waals surface area contributed by atoms with E-state index in [9.17, 15) is 9.59 Å². The molecule has 1 aromatic rings. The van der Waals surface area contributed by atoms with Crippen LogP contribution in [0.5, 0.6) is 0 Å². The first-order valence-corrected chi connectivity index (χ1v) is 7.02. The van der Waals surface area contributed by atoms with Gasteiger partial charge in [-0.05, 0) is 14.0 Å². The van der Waals surface area contributed by atoms with Gasteiger partial charge in [-0.1, -0.05) is 0 Å². The average molecular weight is 293 g/mol. The second kappa shape index (κ2) is 5.85. The van der Waals surface area contributed by atoms with Crippen molar-refractivity contribution in [3.05, 3.63) is 17.5 Å². The number of likely N-dealkylation sites (N-methyl/N-ethyl adjacent to an activating group) is 2. The lowest BCUT2D eigenvalue weighted by Crippen LogP contribution is -2.59. The van der Waals surface area contributed by atoms with E-state index in [0.717, 1.165) is 6.54 Å². The molecule has 1 saturated heterocycles. The van der Waals surface area contributed by atoms with Crippen LogP contribution in [0.15, 0.2) is 6.20 Å². The van der Waals surface area contributed by atoms with Crippen LogP contribution in [0.2, 0.25) is 0 Å². The third-order valence-electron chi connectivity index (χ3n) is 3.81. The number of aryl methyl sites for hydroxylation is 2. The number of carbonyl (C=O) groups is 2. The van der Waals surface area contributed by atoms with Gasteiger partial charge in [0.05, 0.1) is 11.3 Å². The van der Waals surface area contributed by atoms with E-state index in [1.54, 1.807) is 41.8 Å². The summed E-state index contributed by atoms with van der Waals surface area (Å²) in [6, 6.07) is -0.439. The number of piperazine rings is 1. The Morgan fingerprint density at radius 2 is 1.95 bits per heavy atom. The minimum absolute atomic E-state index is 0.0450. The fourth-order valence-corrected chi connectivity index (χ4v) is 2.64. The molecule has 0 bridgehead atoms. The standard InChI is InChI=1S/C14H23N5O2/c1-10-11(8-18(5)15-10)13(20)19-7-6-17(4)9-12(19)14(21)16(2)3/h8,12H,6-7,9H2,1-5H3. The van der Waals surface area contributed by atoms with Crippen molar-refractivity contribution in [2.45, 2.75) is 13.0 Å². The Morgan fingerprint density at radius 3 is 2.48 bits per heavy atom. The van der Waals surface area contributed by atoms with Gasteiger partial charge in [0.2, 0.25) is 5.91 Å². The van der Waals surface area contributed by atoms with Gasteiger partial charge in [0.1, 0.15) is 6.04 Å². The normalized spacial score (nSPS) is 19.7. The first kappa shape index (κ1) is 15.5. The van der Waals surface area contributed by atoms with Crippen molar-refractivity contribution in [3.63, 3.8) is 0 Å². The average Bonchev–Trinajstić information content (AvgIpc) is 2.75. The molecule has 0 saturated carbocycles. The van der Waals surface area contributed by atoms with Crippen molar-refractivity contribution in [2.75, 3.05) is 40.8 Å². The number of nitrogens with zero attached hydrogens (tertiary/aromatic N) is 5. The van der Waals surface area contributed by atoms with Crippen LogP contribution >= 0.6 is 0 Å². The summed E-state index contributed by atoms with van der Waals surface area (Å²) in [5.41, 5.74) is 1.26. The highest BCUT2D eigenvalue weighted by Crippen LogP contribution is 2.16. The maximum absolute atomic E-state index is 12.8. The van der Waals surface area contributed by atoms with Crippen LogP contribution < -0.4 is 0 Å². The minimum Gasteiger partial charge on any atom is -0.347 e. The monoisotopic (exact) mass is 293 g/mol. The third kappa shape index (κ3) is 3.07. The lowest BCUT2D eigenvalue weighted by Gasteiger charge is -2.40. The molecule has 0 aliphatic carbocycles. The molecular formula is C14H23N5O2. The zero-order valence-electron chi connectivity index (χ0n) is 13.3. The second-order valence-corrected chi connectivity index (χ2v) is 5.81. The number of amides is 2. The summed E-state index contributed by atoms with van der Waals surface area (Å²) in [4.78, 5) is 30.4. The summed E-state index contributed by atoms with van der Waals surface area (Å²) in [7, 11) is 7.19. The molecular weight excluding hydrogens is 270 g/mol. The van der Waals surface area contributed by atoms with Gasteiger partial charge >= 0.3 is 0 Å². The number of hydrogen-bond donors (Lipinski definition) is 0. The highest BCUT2D eigenvalue weighted by atomic mass is 16.2. The van der Waals surface area contributed by atoms with Gasteiger partial charge in [-0.15, -0.1) is 0 Å². The highest BCUT2D eigenvalue weighted by Gasteiger charge is 2.36. The molecule has 7 heteroatoms. The number of carbonyl (C=O) groups excluding carboxylic acids is 2. The van der Waals surface area contributed by atoms with E-state index in [2.05, 4.69) is 10.00 Å². The summed E-state index contributed by atoms with van der Waals surface area (Å²) in [5, 5.41) is 4.21. The van der Waals surface area contributed by atoms with Crippen molar-refractivity contribution in [1.82, 2.24) is 24.5 Å². The fraction of sp³-hybridized carbons (Fsp3) is 0.643. The second-order valence-electron chi connectivity index (χ2n) is 5.81. The molecule has 21 heavy (non-hydrogen) atoms. The number of rotatable bonds is 2. The molecule has 1 atom stereocenters. The molecule has 116 valence electrons. The molecule has 2 heterocycles. The van der Waals surface area contributed by atoms with E-state index in [-0.39, 0.29) is 11.8 Å². The van der Waals surface area contributed by atoms with Gasteiger partial charge in [-0.3, -0.25) is 14.3 Å². The predicted octanol–water partition coefficient (Wildman–Crippen LogP) is -0.427. The Labute approximate surface area is 125 Å². The first-order chi connectivity index (χ1) is 9.81. The molecule has 2 rings (SSSR count). The molecule has 1 fully saturated rings. The van der Waals surface area contributed by atoms with Crippen molar-refractivity contribution in [1.29, 1.82) is 0 Å². The minimum atomic E-state index is -0.439. The van der Waals surface area contributed by atoms with E-state index >= 15 is 0 Å². The Hall–Kier alpha value is -1.89. The Morgan fingerprint density at radius 1 is 1.29 bits per heavy atom. The van der Waals surface area contributed by atoms with E-state index in [1.807, 2.05) is 14.0 Å². The molecule has 1 aromatic heterocycles. The van der Waals surface area contributed by atoms with Crippen molar-refractivity contribution in [2.24, 2.45) is 7.05 Å². The van der Waals surface area contributed by atoms with Crippen LogP contribution in [0.25, 0.3) is 0 Å². The fourth-order valence-electron chi connectivity index (χ4n) is 2.64. The van der Waals surface area contributed by atoms with E-state index < -0.39 is 6.04 Å². The maximum atomic E-state index is 12.8. The van der Waals surface area contributed by atoms with Gasteiger partial charge in [-0.2, -0.15) is 5.10 Å². The van der Waals surface area contributed by atoms with Crippen LogP contribution in [0.3, 0.4) is 0 Å². The zero-order valence-corrected chi connectivity index (χ0v) is 13.3. The number of hydrogen-bond acceptors (Lipinski definition) is 4. The van der Waals surface area contributed by atoms with Crippen LogP contribution in [0.4, 0.5) is 0 Å². The Balaban J connectivity index is 2.28. The Kier molecular flexibility index (Phi) is 4.32. The summed E-state index contributed by atoms with van der Waals surface area (Å²) >= 11 is 0. The molecule has 1 unspecified atom stereocenters. The smallest absolute Gasteiger partial charge is 0.258 e. The molecule has 0 radical (unpaired) electrons. The summed E-state index contributed by atoms with van der Waals surface area (Å²) in [5.74, 6) is -0.162. The molecule has 1 aliphatic heterocycles. The van der Waals surface area contributed by atoms with E-state index in [1.165, 1.54) is 0 Å². The predicted molar refractivity (Wildman–Crippen MR) is 79.0 cm³/mol. The van der Waals surface area contributed by atoms with Gasteiger partial charge in [0.15, 0.2) is 0 Å². The number of aromatic nitrogens is 2. The first-order valence-electron chi connectivity index (χ1n) is 7.02. The van der Waals surface area contributed by atoms with Crippen LogP contribution in [0, 0.1) is 6.92 Å². The molecule has 0 N–H and O–H groups in total.